The quantitative estimate of drug-likeness (QED) is 0.861. The summed E-state index contributed by atoms with van der Waals surface area (Å²) in [6, 6.07) is 9.73. The number of hydrogen-bond acceptors (Lipinski definition) is 2. The number of hydrogen-bond donors (Lipinski definition) is 1. The second-order valence-electron chi connectivity index (χ2n) is 7.91. The Kier molecular flexibility index (Phi) is 4.57. The van der Waals surface area contributed by atoms with Crippen LogP contribution in [0.1, 0.15) is 63.5 Å². The molecule has 130 valence electrons. The summed E-state index contributed by atoms with van der Waals surface area (Å²) in [5, 5.41) is 4.44. The van der Waals surface area contributed by atoms with Gasteiger partial charge in [-0.15, -0.1) is 0 Å². The second-order valence-corrected chi connectivity index (χ2v) is 8.32. The predicted molar refractivity (Wildman–Crippen MR) is 97.0 cm³/mol. The van der Waals surface area contributed by atoms with Crippen molar-refractivity contribution in [1.29, 1.82) is 0 Å². The minimum absolute atomic E-state index is 0.0668. The van der Waals surface area contributed by atoms with E-state index in [0.717, 1.165) is 23.4 Å². The van der Waals surface area contributed by atoms with E-state index < -0.39 is 0 Å². The Bertz CT molecular complexity index is 603. The van der Waals surface area contributed by atoms with Gasteiger partial charge in [0.15, 0.2) is 0 Å². The van der Waals surface area contributed by atoms with Gasteiger partial charge in [0.1, 0.15) is 0 Å². The van der Waals surface area contributed by atoms with Crippen molar-refractivity contribution in [2.75, 3.05) is 0 Å². The van der Waals surface area contributed by atoms with Crippen LogP contribution in [0.5, 0.6) is 0 Å². The van der Waals surface area contributed by atoms with Crippen LogP contribution in [0.25, 0.3) is 0 Å². The molecule has 1 aromatic carbocycles. The molecule has 3 fully saturated rings. The van der Waals surface area contributed by atoms with E-state index in [1.54, 1.807) is 0 Å². The maximum Gasteiger partial charge on any atom is 0.223 e. The number of halogens is 1. The first-order valence-corrected chi connectivity index (χ1v) is 9.81. The summed E-state index contributed by atoms with van der Waals surface area (Å²) < 4.78 is 0. The Hall–Kier alpha value is -1.06. The van der Waals surface area contributed by atoms with Crippen molar-refractivity contribution in [2.24, 2.45) is 5.92 Å². The molecule has 24 heavy (non-hydrogen) atoms. The van der Waals surface area contributed by atoms with Crippen molar-refractivity contribution in [1.82, 2.24) is 10.2 Å². The molecule has 4 rings (SSSR count). The number of rotatable bonds is 5. The van der Waals surface area contributed by atoms with Crippen molar-refractivity contribution < 1.29 is 4.79 Å². The lowest BCUT2D eigenvalue weighted by molar-refractivity contribution is -0.135. The molecule has 1 saturated carbocycles. The van der Waals surface area contributed by atoms with Gasteiger partial charge in [0.05, 0.1) is 6.04 Å². The van der Waals surface area contributed by atoms with Gasteiger partial charge in [-0.2, -0.15) is 0 Å². The molecular formula is C20H27ClN2O. The van der Waals surface area contributed by atoms with Crippen LogP contribution in [0.4, 0.5) is 0 Å². The molecule has 2 saturated heterocycles. The average molecular weight is 347 g/mol. The van der Waals surface area contributed by atoms with Crippen LogP contribution in [-0.4, -0.2) is 28.9 Å². The Balaban J connectivity index is 1.46. The number of nitrogens with one attached hydrogen (secondary N) is 1. The highest BCUT2D eigenvalue weighted by atomic mass is 35.5. The zero-order valence-corrected chi connectivity index (χ0v) is 15.1. The first-order valence-electron chi connectivity index (χ1n) is 9.43. The molecule has 1 amide bonds. The van der Waals surface area contributed by atoms with E-state index in [4.69, 9.17) is 11.6 Å². The molecule has 3 aliphatic rings. The molecule has 0 aromatic heterocycles. The van der Waals surface area contributed by atoms with Crippen LogP contribution < -0.4 is 5.32 Å². The lowest BCUT2D eigenvalue weighted by Gasteiger charge is -2.34. The third-order valence-electron chi connectivity index (χ3n) is 6.03. The van der Waals surface area contributed by atoms with Crippen LogP contribution in [0.2, 0.25) is 5.02 Å². The van der Waals surface area contributed by atoms with Gasteiger partial charge in [0, 0.05) is 29.6 Å². The highest BCUT2D eigenvalue weighted by Crippen LogP contribution is 2.39. The Morgan fingerprint density at radius 1 is 1.21 bits per heavy atom. The van der Waals surface area contributed by atoms with Gasteiger partial charge in [-0.1, -0.05) is 29.8 Å². The molecule has 3 atom stereocenters. The Morgan fingerprint density at radius 3 is 2.50 bits per heavy atom. The highest BCUT2D eigenvalue weighted by molar-refractivity contribution is 6.31. The summed E-state index contributed by atoms with van der Waals surface area (Å²) >= 11 is 6.39. The summed E-state index contributed by atoms with van der Waals surface area (Å²) in [6.45, 7) is 2.13. The fourth-order valence-electron chi connectivity index (χ4n) is 4.75. The fraction of sp³-hybridized carbons (Fsp3) is 0.650. The number of piperidine rings is 1. The second kappa shape index (κ2) is 6.68. The maximum atomic E-state index is 13.1. The molecule has 0 radical (unpaired) electrons. The van der Waals surface area contributed by atoms with Crippen molar-refractivity contribution in [2.45, 2.75) is 76.0 Å². The van der Waals surface area contributed by atoms with E-state index in [1.165, 1.54) is 25.7 Å². The third-order valence-corrected chi connectivity index (χ3v) is 6.38. The number of carbonyl (C=O) groups excluding carboxylic acids is 1. The third kappa shape index (κ3) is 3.34. The molecule has 1 aromatic rings. The van der Waals surface area contributed by atoms with E-state index in [1.807, 2.05) is 18.2 Å². The highest BCUT2D eigenvalue weighted by Gasteiger charge is 2.39. The topological polar surface area (TPSA) is 32.3 Å². The van der Waals surface area contributed by atoms with Crippen LogP contribution in [-0.2, 0) is 4.79 Å². The van der Waals surface area contributed by atoms with E-state index in [0.29, 0.717) is 36.4 Å². The maximum absolute atomic E-state index is 13.1. The van der Waals surface area contributed by atoms with Crippen molar-refractivity contribution in [3.63, 3.8) is 0 Å². The zero-order valence-electron chi connectivity index (χ0n) is 14.4. The minimum Gasteiger partial charge on any atom is -0.333 e. The van der Waals surface area contributed by atoms with Gasteiger partial charge in [0.25, 0.3) is 0 Å². The molecule has 4 heteroatoms. The number of carbonyl (C=O) groups is 1. The zero-order chi connectivity index (χ0) is 16.7. The number of amides is 1. The Labute approximate surface area is 149 Å². The monoisotopic (exact) mass is 346 g/mol. The number of fused-ring (bicyclic) bond motifs is 2. The summed E-state index contributed by atoms with van der Waals surface area (Å²) in [5.74, 6) is 0.882. The standard InChI is InChI=1S/C20H27ClN2O/c1-13(18-4-2-3-5-19(18)21)23(17-8-9-17)20(24)12-14-10-15-6-7-16(11-14)22-15/h2-5,13-17,22H,6-12H2,1H3. The van der Waals surface area contributed by atoms with Gasteiger partial charge < -0.3 is 10.2 Å². The van der Waals surface area contributed by atoms with Crippen molar-refractivity contribution in [3.8, 4) is 0 Å². The number of nitrogens with zero attached hydrogens (tertiary/aromatic N) is 1. The van der Waals surface area contributed by atoms with Crippen molar-refractivity contribution in [3.05, 3.63) is 34.9 Å². The van der Waals surface area contributed by atoms with E-state index >= 15 is 0 Å². The molecule has 2 bridgehead atoms. The lowest BCUT2D eigenvalue weighted by atomic mass is 9.89. The molecular weight excluding hydrogens is 320 g/mol. The molecule has 3 nitrogen and oxygen atoms in total. The molecule has 2 heterocycles. The predicted octanol–water partition coefficient (Wildman–Crippen LogP) is 4.31. The molecule has 2 aliphatic heterocycles. The van der Waals surface area contributed by atoms with Crippen LogP contribution in [0, 0.1) is 5.92 Å². The van der Waals surface area contributed by atoms with Gasteiger partial charge >= 0.3 is 0 Å². The SMILES string of the molecule is CC(c1ccccc1Cl)N(C(=O)CC1CC2CCC(C1)N2)C1CC1. The molecule has 3 unspecified atom stereocenters. The summed E-state index contributed by atoms with van der Waals surface area (Å²) in [7, 11) is 0. The fourth-order valence-corrected chi connectivity index (χ4v) is 5.04. The van der Waals surface area contributed by atoms with Crippen LogP contribution in [0.15, 0.2) is 24.3 Å². The summed E-state index contributed by atoms with van der Waals surface area (Å²) in [6.07, 6.45) is 7.90. The minimum atomic E-state index is 0.0668. The summed E-state index contributed by atoms with van der Waals surface area (Å²) in [5.41, 5.74) is 1.07. The smallest absolute Gasteiger partial charge is 0.223 e. The van der Waals surface area contributed by atoms with Crippen LogP contribution >= 0.6 is 11.6 Å². The van der Waals surface area contributed by atoms with Gasteiger partial charge in [-0.25, -0.2) is 0 Å². The average Bonchev–Trinajstić information content (AvgIpc) is 3.32. The van der Waals surface area contributed by atoms with Gasteiger partial charge in [-0.3, -0.25) is 4.79 Å². The molecule has 0 spiro atoms. The normalized spacial score (nSPS) is 30.2. The van der Waals surface area contributed by atoms with E-state index in [-0.39, 0.29) is 6.04 Å². The number of benzene rings is 1. The van der Waals surface area contributed by atoms with Crippen molar-refractivity contribution >= 4 is 17.5 Å². The Morgan fingerprint density at radius 2 is 1.88 bits per heavy atom. The van der Waals surface area contributed by atoms with E-state index in [9.17, 15) is 4.79 Å². The van der Waals surface area contributed by atoms with Gasteiger partial charge in [0.2, 0.25) is 5.91 Å². The van der Waals surface area contributed by atoms with Crippen LogP contribution in [0.3, 0.4) is 0 Å². The first-order chi connectivity index (χ1) is 11.6. The largest absolute Gasteiger partial charge is 0.333 e. The lowest BCUT2D eigenvalue weighted by Crippen LogP contribution is -2.41. The van der Waals surface area contributed by atoms with E-state index in [2.05, 4.69) is 23.2 Å². The van der Waals surface area contributed by atoms with Gasteiger partial charge in [-0.05, 0) is 63.0 Å². The molecule has 1 aliphatic carbocycles. The molecule has 1 N–H and O–H groups in total. The first kappa shape index (κ1) is 16.4. The summed E-state index contributed by atoms with van der Waals surface area (Å²) in [4.78, 5) is 15.2.